The molecule has 2 nitrogen and oxygen atoms in total. The number of nitrogens with one attached hydrogen (secondary N) is 1. The SMILES string of the molecule is CNc1nc2c(C(C)(C)C)cccc2s1. The Labute approximate surface area is 94.3 Å². The highest BCUT2D eigenvalue weighted by Crippen LogP contribution is 2.33. The number of benzene rings is 1. The Morgan fingerprint density at radius 3 is 2.60 bits per heavy atom. The molecular formula is C12H16N2S. The quantitative estimate of drug-likeness (QED) is 0.793. The Morgan fingerprint density at radius 2 is 2.00 bits per heavy atom. The fourth-order valence-corrected chi connectivity index (χ4v) is 2.51. The summed E-state index contributed by atoms with van der Waals surface area (Å²) in [5.74, 6) is 0. The van der Waals surface area contributed by atoms with Crippen LogP contribution in [-0.2, 0) is 5.41 Å². The summed E-state index contributed by atoms with van der Waals surface area (Å²) in [6.07, 6.45) is 0. The van der Waals surface area contributed by atoms with Crippen LogP contribution in [0.15, 0.2) is 18.2 Å². The fourth-order valence-electron chi connectivity index (χ4n) is 1.66. The molecule has 0 unspecified atom stereocenters. The van der Waals surface area contributed by atoms with Crippen molar-refractivity contribution in [3.8, 4) is 0 Å². The van der Waals surface area contributed by atoms with Crippen molar-refractivity contribution < 1.29 is 0 Å². The predicted molar refractivity (Wildman–Crippen MR) is 67.9 cm³/mol. The Bertz CT molecular complexity index is 480. The molecule has 1 aromatic heterocycles. The van der Waals surface area contributed by atoms with Gasteiger partial charge in [-0.25, -0.2) is 4.98 Å². The largest absolute Gasteiger partial charge is 0.365 e. The van der Waals surface area contributed by atoms with E-state index in [-0.39, 0.29) is 5.41 Å². The van der Waals surface area contributed by atoms with Crippen LogP contribution in [0.5, 0.6) is 0 Å². The molecule has 0 aliphatic heterocycles. The molecule has 0 aliphatic rings. The maximum Gasteiger partial charge on any atom is 0.183 e. The van der Waals surface area contributed by atoms with E-state index < -0.39 is 0 Å². The van der Waals surface area contributed by atoms with Gasteiger partial charge in [-0.05, 0) is 17.0 Å². The van der Waals surface area contributed by atoms with Gasteiger partial charge in [0.15, 0.2) is 5.13 Å². The van der Waals surface area contributed by atoms with Crippen molar-refractivity contribution in [2.75, 3.05) is 12.4 Å². The molecule has 0 saturated heterocycles. The molecule has 80 valence electrons. The first kappa shape index (κ1) is 10.4. The van der Waals surface area contributed by atoms with Gasteiger partial charge in [-0.15, -0.1) is 0 Å². The Kier molecular flexibility index (Phi) is 2.43. The molecule has 0 spiro atoms. The van der Waals surface area contributed by atoms with Crippen LogP contribution in [0, 0.1) is 0 Å². The summed E-state index contributed by atoms with van der Waals surface area (Å²) in [6.45, 7) is 6.67. The number of rotatable bonds is 1. The fraction of sp³-hybridized carbons (Fsp3) is 0.417. The maximum absolute atomic E-state index is 4.61. The van der Waals surface area contributed by atoms with Crippen molar-refractivity contribution >= 4 is 26.7 Å². The van der Waals surface area contributed by atoms with Crippen LogP contribution in [0.4, 0.5) is 5.13 Å². The van der Waals surface area contributed by atoms with Crippen molar-refractivity contribution in [2.45, 2.75) is 26.2 Å². The topological polar surface area (TPSA) is 24.9 Å². The Hall–Kier alpha value is -1.09. The monoisotopic (exact) mass is 220 g/mol. The summed E-state index contributed by atoms with van der Waals surface area (Å²) in [4.78, 5) is 4.61. The lowest BCUT2D eigenvalue weighted by atomic mass is 9.86. The number of thiazole rings is 1. The summed E-state index contributed by atoms with van der Waals surface area (Å²) in [5, 5.41) is 4.09. The Morgan fingerprint density at radius 1 is 1.27 bits per heavy atom. The molecular weight excluding hydrogens is 204 g/mol. The lowest BCUT2D eigenvalue weighted by Crippen LogP contribution is -2.11. The van der Waals surface area contributed by atoms with Crippen LogP contribution in [0.3, 0.4) is 0 Å². The van der Waals surface area contributed by atoms with Crippen molar-refractivity contribution in [2.24, 2.45) is 0 Å². The molecule has 0 atom stereocenters. The molecule has 1 heterocycles. The molecule has 2 aromatic rings. The van der Waals surface area contributed by atoms with Crippen LogP contribution in [0.2, 0.25) is 0 Å². The van der Waals surface area contributed by atoms with Crippen molar-refractivity contribution in [3.05, 3.63) is 23.8 Å². The van der Waals surface area contributed by atoms with Gasteiger partial charge in [-0.1, -0.05) is 44.2 Å². The number of aromatic nitrogens is 1. The van der Waals surface area contributed by atoms with E-state index >= 15 is 0 Å². The first-order valence-electron chi connectivity index (χ1n) is 5.10. The smallest absolute Gasteiger partial charge is 0.183 e. The summed E-state index contributed by atoms with van der Waals surface area (Å²) in [7, 11) is 1.91. The van der Waals surface area contributed by atoms with Crippen LogP contribution < -0.4 is 5.32 Å². The molecule has 0 fully saturated rings. The van der Waals surface area contributed by atoms with Gasteiger partial charge in [0.25, 0.3) is 0 Å². The average molecular weight is 220 g/mol. The first-order chi connectivity index (χ1) is 7.02. The molecule has 0 bridgehead atoms. The molecule has 1 N–H and O–H groups in total. The lowest BCUT2D eigenvalue weighted by molar-refractivity contribution is 0.595. The minimum Gasteiger partial charge on any atom is -0.365 e. The molecule has 0 amide bonds. The predicted octanol–water partition coefficient (Wildman–Crippen LogP) is 3.64. The number of hydrogen-bond donors (Lipinski definition) is 1. The van der Waals surface area contributed by atoms with Gasteiger partial charge in [0.1, 0.15) is 0 Å². The number of nitrogens with zero attached hydrogens (tertiary/aromatic N) is 1. The third kappa shape index (κ3) is 1.84. The lowest BCUT2D eigenvalue weighted by Gasteiger charge is -2.19. The van der Waals surface area contributed by atoms with E-state index in [9.17, 15) is 0 Å². The van der Waals surface area contributed by atoms with Gasteiger partial charge in [-0.2, -0.15) is 0 Å². The van der Waals surface area contributed by atoms with Crippen LogP contribution in [-0.4, -0.2) is 12.0 Å². The third-order valence-corrected chi connectivity index (χ3v) is 3.48. The van der Waals surface area contributed by atoms with E-state index in [1.165, 1.54) is 10.3 Å². The zero-order valence-corrected chi connectivity index (χ0v) is 10.4. The molecule has 3 heteroatoms. The third-order valence-electron chi connectivity index (χ3n) is 2.44. The highest BCUT2D eigenvalue weighted by atomic mass is 32.1. The molecule has 15 heavy (non-hydrogen) atoms. The molecule has 1 aromatic carbocycles. The molecule has 0 radical (unpaired) electrons. The van der Waals surface area contributed by atoms with Gasteiger partial charge in [-0.3, -0.25) is 0 Å². The summed E-state index contributed by atoms with van der Waals surface area (Å²) in [5.41, 5.74) is 2.61. The normalized spacial score (nSPS) is 12.0. The molecule has 0 aliphatic carbocycles. The second-order valence-corrected chi connectivity index (χ2v) is 5.70. The van der Waals surface area contributed by atoms with Crippen LogP contribution >= 0.6 is 11.3 Å². The van der Waals surface area contributed by atoms with E-state index in [1.807, 2.05) is 7.05 Å². The number of anilines is 1. The summed E-state index contributed by atoms with van der Waals surface area (Å²) >= 11 is 1.71. The van der Waals surface area contributed by atoms with Crippen molar-refractivity contribution in [1.82, 2.24) is 4.98 Å². The zero-order valence-electron chi connectivity index (χ0n) is 9.59. The summed E-state index contributed by atoms with van der Waals surface area (Å²) in [6, 6.07) is 6.41. The minimum absolute atomic E-state index is 0.151. The van der Waals surface area contributed by atoms with Gasteiger partial charge >= 0.3 is 0 Å². The van der Waals surface area contributed by atoms with Gasteiger partial charge in [0, 0.05) is 7.05 Å². The summed E-state index contributed by atoms with van der Waals surface area (Å²) < 4.78 is 1.26. The van der Waals surface area contributed by atoms with Gasteiger partial charge in [0.2, 0.25) is 0 Å². The Balaban J connectivity index is 2.70. The van der Waals surface area contributed by atoms with E-state index in [0.29, 0.717) is 0 Å². The number of para-hydroxylation sites is 1. The van der Waals surface area contributed by atoms with Gasteiger partial charge in [0.05, 0.1) is 10.2 Å². The van der Waals surface area contributed by atoms with Gasteiger partial charge < -0.3 is 5.32 Å². The van der Waals surface area contributed by atoms with E-state index in [0.717, 1.165) is 10.6 Å². The number of fused-ring (bicyclic) bond motifs is 1. The van der Waals surface area contributed by atoms with Crippen LogP contribution in [0.1, 0.15) is 26.3 Å². The first-order valence-corrected chi connectivity index (χ1v) is 5.92. The molecule has 2 rings (SSSR count). The maximum atomic E-state index is 4.61. The van der Waals surface area contributed by atoms with Crippen molar-refractivity contribution in [1.29, 1.82) is 0 Å². The second kappa shape index (κ2) is 3.49. The average Bonchev–Trinajstić information content (AvgIpc) is 2.57. The van der Waals surface area contributed by atoms with Crippen molar-refractivity contribution in [3.63, 3.8) is 0 Å². The molecule has 0 saturated carbocycles. The number of hydrogen-bond acceptors (Lipinski definition) is 3. The standard InChI is InChI=1S/C12H16N2S/c1-12(2,3)8-6-5-7-9-10(8)14-11(13-4)15-9/h5-7H,1-4H3,(H,13,14). The highest BCUT2D eigenvalue weighted by molar-refractivity contribution is 7.22. The highest BCUT2D eigenvalue weighted by Gasteiger charge is 2.18. The minimum atomic E-state index is 0.151. The second-order valence-electron chi connectivity index (χ2n) is 4.67. The van der Waals surface area contributed by atoms with E-state index in [4.69, 9.17) is 0 Å². The van der Waals surface area contributed by atoms with E-state index in [1.54, 1.807) is 11.3 Å². The van der Waals surface area contributed by atoms with E-state index in [2.05, 4.69) is 49.3 Å². The zero-order chi connectivity index (χ0) is 11.1. The van der Waals surface area contributed by atoms with Crippen LogP contribution in [0.25, 0.3) is 10.2 Å².